The molecule has 0 fully saturated rings. The van der Waals surface area contributed by atoms with E-state index in [1.807, 2.05) is 0 Å². The summed E-state index contributed by atoms with van der Waals surface area (Å²) in [7, 11) is 0. The van der Waals surface area contributed by atoms with Crippen LogP contribution in [0.1, 0.15) is 79.6 Å². The Morgan fingerprint density at radius 1 is 0.933 bits per heavy atom. The average molecular weight is 214 g/mol. The van der Waals surface area contributed by atoms with Crippen molar-refractivity contribution in [2.45, 2.75) is 79.6 Å². The summed E-state index contributed by atoms with van der Waals surface area (Å²) in [4.78, 5) is 10.8. The first-order valence-electron chi connectivity index (χ1n) is 6.64. The lowest BCUT2D eigenvalue weighted by Crippen LogP contribution is -2.08. The van der Waals surface area contributed by atoms with E-state index in [9.17, 15) is 4.79 Å². The largest absolute Gasteiger partial charge is 0.300 e. The normalized spacial score (nSPS) is 11.5. The Hall–Kier alpha value is -0.330. The van der Waals surface area contributed by atoms with E-state index < -0.39 is 0 Å². The molecule has 0 N–H and O–H groups in total. The Kier molecular flexibility index (Phi) is 15.6. The first-order valence-corrected chi connectivity index (χ1v) is 6.64. The molecule has 1 atom stereocenters. The molecule has 92 valence electrons. The Balaban J connectivity index is 0. The lowest BCUT2D eigenvalue weighted by molar-refractivity contribution is -0.121. The number of Topliss-reactive ketones (excluding diaryl/α,β-unsaturated/α-hetero) is 1. The first kappa shape index (κ1) is 17.1. The summed E-state index contributed by atoms with van der Waals surface area (Å²) in [6, 6.07) is 0. The van der Waals surface area contributed by atoms with Crippen LogP contribution in [0.3, 0.4) is 0 Å². The second-order valence-electron chi connectivity index (χ2n) is 4.21. The summed E-state index contributed by atoms with van der Waals surface area (Å²) >= 11 is 0. The van der Waals surface area contributed by atoms with Crippen LogP contribution in [0.5, 0.6) is 0 Å². The van der Waals surface area contributed by atoms with Crippen LogP contribution >= 0.6 is 0 Å². The van der Waals surface area contributed by atoms with Gasteiger partial charge in [0.15, 0.2) is 0 Å². The second kappa shape index (κ2) is 13.7. The maximum Gasteiger partial charge on any atom is 0.132 e. The van der Waals surface area contributed by atoms with Crippen LogP contribution in [0.2, 0.25) is 0 Å². The molecule has 0 rings (SSSR count). The molecule has 1 nitrogen and oxygen atoms in total. The molecule has 0 radical (unpaired) electrons. The van der Waals surface area contributed by atoms with E-state index in [2.05, 4.69) is 27.7 Å². The third kappa shape index (κ3) is 13.7. The fraction of sp³-hybridized carbons (Fsp3) is 0.929. The molecule has 0 aliphatic heterocycles. The molecule has 0 aromatic rings. The molecular weight excluding hydrogens is 184 g/mol. The highest BCUT2D eigenvalue weighted by molar-refractivity contribution is 5.78. The van der Waals surface area contributed by atoms with Crippen molar-refractivity contribution in [1.82, 2.24) is 0 Å². The van der Waals surface area contributed by atoms with Gasteiger partial charge in [-0.1, -0.05) is 59.8 Å². The van der Waals surface area contributed by atoms with Gasteiger partial charge in [0, 0.05) is 5.92 Å². The third-order valence-corrected chi connectivity index (χ3v) is 2.66. The lowest BCUT2D eigenvalue weighted by atomic mass is 9.97. The topological polar surface area (TPSA) is 17.1 Å². The Morgan fingerprint density at radius 2 is 1.40 bits per heavy atom. The number of carbonyl (C=O) groups excluding carboxylic acids is 1. The highest BCUT2D eigenvalue weighted by atomic mass is 16.1. The molecule has 0 heterocycles. The van der Waals surface area contributed by atoms with Crippen molar-refractivity contribution in [2.24, 2.45) is 5.92 Å². The van der Waals surface area contributed by atoms with Crippen molar-refractivity contribution in [2.75, 3.05) is 0 Å². The second-order valence-corrected chi connectivity index (χ2v) is 4.21. The third-order valence-electron chi connectivity index (χ3n) is 2.66. The number of hydrogen-bond acceptors (Lipinski definition) is 1. The smallest absolute Gasteiger partial charge is 0.132 e. The Labute approximate surface area is 96.7 Å². The van der Waals surface area contributed by atoms with Gasteiger partial charge in [-0.3, -0.25) is 4.79 Å². The number of carbonyl (C=O) groups is 1. The van der Waals surface area contributed by atoms with Crippen LogP contribution in [-0.2, 0) is 4.79 Å². The van der Waals surface area contributed by atoms with Crippen LogP contribution in [0.25, 0.3) is 0 Å². The van der Waals surface area contributed by atoms with E-state index in [0.717, 1.165) is 19.3 Å². The molecule has 15 heavy (non-hydrogen) atoms. The van der Waals surface area contributed by atoms with E-state index in [0.29, 0.717) is 11.7 Å². The van der Waals surface area contributed by atoms with E-state index in [1.54, 1.807) is 6.92 Å². The summed E-state index contributed by atoms with van der Waals surface area (Å²) in [6.07, 6.45) is 8.72. The number of unbranched alkanes of at least 4 members (excludes halogenated alkanes) is 3. The van der Waals surface area contributed by atoms with Gasteiger partial charge >= 0.3 is 0 Å². The molecule has 0 aromatic heterocycles. The number of hydrogen-bond donors (Lipinski definition) is 0. The minimum atomic E-state index is 0.329. The maximum atomic E-state index is 10.8. The predicted octanol–water partition coefficient (Wildman–Crippen LogP) is 4.99. The molecule has 0 bridgehead atoms. The van der Waals surface area contributed by atoms with Gasteiger partial charge in [0.2, 0.25) is 0 Å². The van der Waals surface area contributed by atoms with E-state index in [-0.39, 0.29) is 0 Å². The summed E-state index contributed by atoms with van der Waals surface area (Å²) < 4.78 is 0. The monoisotopic (exact) mass is 214 g/mol. The van der Waals surface area contributed by atoms with Crippen molar-refractivity contribution in [3.63, 3.8) is 0 Å². The highest BCUT2D eigenvalue weighted by Gasteiger charge is 2.08. The van der Waals surface area contributed by atoms with Crippen LogP contribution in [0, 0.1) is 5.92 Å². The molecule has 0 aliphatic rings. The Bertz CT molecular complexity index is 125. The van der Waals surface area contributed by atoms with Crippen molar-refractivity contribution in [3.8, 4) is 0 Å². The molecule has 0 spiro atoms. The van der Waals surface area contributed by atoms with Gasteiger partial charge in [0.05, 0.1) is 0 Å². The van der Waals surface area contributed by atoms with Crippen molar-refractivity contribution >= 4 is 5.78 Å². The van der Waals surface area contributed by atoms with Gasteiger partial charge in [0.25, 0.3) is 0 Å². The van der Waals surface area contributed by atoms with Crippen LogP contribution in [-0.4, -0.2) is 5.78 Å². The summed E-state index contributed by atoms with van der Waals surface area (Å²) in [6.45, 7) is 10.3. The zero-order valence-corrected chi connectivity index (χ0v) is 11.4. The van der Waals surface area contributed by atoms with Crippen LogP contribution in [0.4, 0.5) is 0 Å². The van der Waals surface area contributed by atoms with Crippen molar-refractivity contribution in [1.29, 1.82) is 0 Å². The molecular formula is C14H30O. The van der Waals surface area contributed by atoms with Crippen molar-refractivity contribution in [3.05, 3.63) is 0 Å². The first-order chi connectivity index (χ1) is 7.13. The minimum Gasteiger partial charge on any atom is -0.300 e. The zero-order valence-electron chi connectivity index (χ0n) is 11.4. The summed E-state index contributed by atoms with van der Waals surface area (Å²) in [5.41, 5.74) is 0. The van der Waals surface area contributed by atoms with Gasteiger partial charge in [-0.25, -0.2) is 0 Å². The lowest BCUT2D eigenvalue weighted by Gasteiger charge is -2.07. The molecule has 0 aromatic carbocycles. The molecule has 0 amide bonds. The van der Waals surface area contributed by atoms with Gasteiger partial charge in [-0.15, -0.1) is 0 Å². The SMILES string of the molecule is CCCC(CC)C(C)=O.CCCCCC. The number of rotatable bonds is 7. The Morgan fingerprint density at radius 3 is 1.53 bits per heavy atom. The number of ketones is 1. The zero-order chi connectivity index (χ0) is 12.1. The molecule has 0 saturated heterocycles. The fourth-order valence-corrected chi connectivity index (χ4v) is 1.54. The van der Waals surface area contributed by atoms with Gasteiger partial charge in [0.1, 0.15) is 5.78 Å². The average Bonchev–Trinajstić information content (AvgIpc) is 2.23. The minimum absolute atomic E-state index is 0.329. The molecule has 0 aliphatic carbocycles. The van der Waals surface area contributed by atoms with Crippen molar-refractivity contribution < 1.29 is 4.79 Å². The molecule has 1 unspecified atom stereocenters. The van der Waals surface area contributed by atoms with Gasteiger partial charge in [-0.05, 0) is 19.8 Å². The highest BCUT2D eigenvalue weighted by Crippen LogP contribution is 2.10. The molecule has 0 saturated carbocycles. The van der Waals surface area contributed by atoms with E-state index >= 15 is 0 Å². The summed E-state index contributed by atoms with van der Waals surface area (Å²) in [5.74, 6) is 0.675. The van der Waals surface area contributed by atoms with Gasteiger partial charge < -0.3 is 0 Å². The van der Waals surface area contributed by atoms with E-state index in [1.165, 1.54) is 25.7 Å². The van der Waals surface area contributed by atoms with E-state index in [4.69, 9.17) is 0 Å². The predicted molar refractivity (Wildman–Crippen MR) is 69.2 cm³/mol. The maximum absolute atomic E-state index is 10.8. The fourth-order valence-electron chi connectivity index (χ4n) is 1.54. The molecule has 1 heteroatoms. The standard InChI is InChI=1S/C8H16O.C6H14/c1-4-6-8(5-2)7(3)9;1-3-5-6-4-2/h8H,4-6H2,1-3H3;3-6H2,1-2H3. The summed E-state index contributed by atoms with van der Waals surface area (Å²) in [5, 5.41) is 0. The van der Waals surface area contributed by atoms with Crippen LogP contribution < -0.4 is 0 Å². The quantitative estimate of drug-likeness (QED) is 0.546. The van der Waals surface area contributed by atoms with Crippen LogP contribution in [0.15, 0.2) is 0 Å². The van der Waals surface area contributed by atoms with Gasteiger partial charge in [-0.2, -0.15) is 0 Å².